The summed E-state index contributed by atoms with van der Waals surface area (Å²) in [5, 5.41) is 6.90. The molecule has 3 rings (SSSR count). The third-order valence-corrected chi connectivity index (χ3v) is 5.12. The molecule has 0 aromatic heterocycles. The van der Waals surface area contributed by atoms with Crippen molar-refractivity contribution in [1.82, 2.24) is 10.6 Å². The van der Waals surface area contributed by atoms with Crippen LogP contribution >= 0.6 is 24.0 Å². The summed E-state index contributed by atoms with van der Waals surface area (Å²) in [5.74, 6) is 3.42. The van der Waals surface area contributed by atoms with E-state index in [0.29, 0.717) is 12.6 Å². The number of ether oxygens (including phenoxy) is 3. The van der Waals surface area contributed by atoms with Crippen molar-refractivity contribution in [2.24, 2.45) is 4.99 Å². The van der Waals surface area contributed by atoms with Crippen LogP contribution in [0.25, 0.3) is 0 Å². The zero-order chi connectivity index (χ0) is 21.2. The largest absolute Gasteiger partial charge is 0.497 e. The lowest BCUT2D eigenvalue weighted by atomic mass is 10.2. The van der Waals surface area contributed by atoms with E-state index in [-0.39, 0.29) is 24.0 Å². The number of nitrogens with zero attached hydrogens (tertiary/aromatic N) is 2. The number of hydrogen-bond donors (Lipinski definition) is 2. The van der Waals surface area contributed by atoms with Gasteiger partial charge < -0.3 is 29.7 Å². The molecule has 1 atom stereocenters. The molecule has 0 radical (unpaired) electrons. The van der Waals surface area contributed by atoms with Crippen LogP contribution in [0.5, 0.6) is 17.2 Å². The van der Waals surface area contributed by atoms with Crippen LogP contribution in [0.1, 0.15) is 12.8 Å². The van der Waals surface area contributed by atoms with Crippen LogP contribution in [0.3, 0.4) is 0 Å². The molecule has 0 amide bonds. The van der Waals surface area contributed by atoms with Gasteiger partial charge in [-0.2, -0.15) is 0 Å². The Hall–Kier alpha value is -2.36. The van der Waals surface area contributed by atoms with Crippen molar-refractivity contribution in [3.63, 3.8) is 0 Å². The van der Waals surface area contributed by atoms with Gasteiger partial charge in [-0.05, 0) is 49.2 Å². The van der Waals surface area contributed by atoms with Crippen molar-refractivity contribution in [3.8, 4) is 17.2 Å². The monoisotopic (exact) mass is 540 g/mol. The Balaban J connectivity index is 0.00000341. The van der Waals surface area contributed by atoms with Gasteiger partial charge in [0.15, 0.2) is 5.96 Å². The molecule has 0 bridgehead atoms. The van der Waals surface area contributed by atoms with Gasteiger partial charge in [0, 0.05) is 32.7 Å². The van der Waals surface area contributed by atoms with Crippen LogP contribution in [0, 0.1) is 0 Å². The van der Waals surface area contributed by atoms with E-state index in [2.05, 4.69) is 26.6 Å². The number of methoxy groups -OCH3 is 2. The van der Waals surface area contributed by atoms with Crippen LogP contribution in [0.15, 0.2) is 53.5 Å². The number of nitrogens with one attached hydrogen (secondary N) is 2. The summed E-state index contributed by atoms with van der Waals surface area (Å²) in [6, 6.07) is 16.1. The van der Waals surface area contributed by atoms with E-state index in [1.165, 1.54) is 0 Å². The fourth-order valence-electron chi connectivity index (χ4n) is 3.52. The number of benzene rings is 2. The summed E-state index contributed by atoms with van der Waals surface area (Å²) in [6.45, 7) is 3.34. The molecule has 0 spiro atoms. The molecule has 31 heavy (non-hydrogen) atoms. The maximum Gasteiger partial charge on any atom is 0.191 e. The predicted octanol–water partition coefficient (Wildman–Crippen LogP) is 3.53. The second-order valence-electron chi connectivity index (χ2n) is 7.12. The molecule has 0 saturated carbocycles. The Morgan fingerprint density at radius 2 is 1.81 bits per heavy atom. The lowest BCUT2D eigenvalue weighted by molar-refractivity contribution is 0.310. The summed E-state index contributed by atoms with van der Waals surface area (Å²) >= 11 is 0. The van der Waals surface area contributed by atoms with E-state index in [9.17, 15) is 0 Å². The Morgan fingerprint density at radius 1 is 1.06 bits per heavy atom. The van der Waals surface area contributed by atoms with Gasteiger partial charge >= 0.3 is 0 Å². The average Bonchev–Trinajstić information content (AvgIpc) is 3.26. The zero-order valence-corrected chi connectivity index (χ0v) is 20.8. The number of hydrogen-bond acceptors (Lipinski definition) is 5. The second-order valence-corrected chi connectivity index (χ2v) is 7.12. The molecule has 7 nitrogen and oxygen atoms in total. The lowest BCUT2D eigenvalue weighted by Gasteiger charge is -2.22. The van der Waals surface area contributed by atoms with Crippen molar-refractivity contribution in [3.05, 3.63) is 48.5 Å². The van der Waals surface area contributed by atoms with Gasteiger partial charge in [-0.25, -0.2) is 0 Å². The quantitative estimate of drug-likeness (QED) is 0.220. The zero-order valence-electron chi connectivity index (χ0n) is 18.5. The predicted molar refractivity (Wildman–Crippen MR) is 137 cm³/mol. The molecule has 170 valence electrons. The lowest BCUT2D eigenvalue weighted by Crippen LogP contribution is -2.45. The van der Waals surface area contributed by atoms with Crippen molar-refractivity contribution >= 4 is 35.6 Å². The highest BCUT2D eigenvalue weighted by molar-refractivity contribution is 14.0. The van der Waals surface area contributed by atoms with Crippen LogP contribution in [-0.4, -0.2) is 59.5 Å². The first-order chi connectivity index (χ1) is 14.7. The van der Waals surface area contributed by atoms with Gasteiger partial charge in [0.2, 0.25) is 0 Å². The van der Waals surface area contributed by atoms with Gasteiger partial charge in [-0.15, -0.1) is 24.0 Å². The maximum atomic E-state index is 5.76. The van der Waals surface area contributed by atoms with E-state index in [1.54, 1.807) is 21.3 Å². The van der Waals surface area contributed by atoms with Gasteiger partial charge in [-0.3, -0.25) is 4.99 Å². The third-order valence-electron chi connectivity index (χ3n) is 5.12. The summed E-state index contributed by atoms with van der Waals surface area (Å²) in [6.07, 6.45) is 1.93. The van der Waals surface area contributed by atoms with Crippen molar-refractivity contribution in [1.29, 1.82) is 0 Å². The van der Waals surface area contributed by atoms with E-state index in [4.69, 9.17) is 14.2 Å². The van der Waals surface area contributed by atoms with E-state index in [0.717, 1.165) is 61.4 Å². The first kappa shape index (κ1) is 24.9. The minimum Gasteiger partial charge on any atom is -0.497 e. The summed E-state index contributed by atoms with van der Waals surface area (Å²) in [4.78, 5) is 6.71. The number of guanidine groups is 1. The molecule has 1 saturated heterocycles. The number of rotatable bonds is 9. The molecule has 2 aromatic carbocycles. The summed E-state index contributed by atoms with van der Waals surface area (Å²) in [5.41, 5.74) is 1.14. The molecular formula is C23H33IN4O3. The summed E-state index contributed by atoms with van der Waals surface area (Å²) in [7, 11) is 5.18. The fourth-order valence-corrected chi connectivity index (χ4v) is 3.52. The first-order valence-corrected chi connectivity index (χ1v) is 10.4. The number of para-hydroxylation sites is 2. The molecule has 1 heterocycles. The van der Waals surface area contributed by atoms with Crippen molar-refractivity contribution in [2.75, 3.05) is 52.4 Å². The molecule has 2 aromatic rings. The maximum absolute atomic E-state index is 5.76. The Labute approximate surface area is 202 Å². The molecular weight excluding hydrogens is 507 g/mol. The van der Waals surface area contributed by atoms with Crippen molar-refractivity contribution < 1.29 is 14.2 Å². The Bertz CT molecular complexity index is 817. The highest BCUT2D eigenvalue weighted by Crippen LogP contribution is 2.30. The number of aliphatic imine (C=N–C) groups is 1. The first-order valence-electron chi connectivity index (χ1n) is 10.4. The molecule has 0 aliphatic carbocycles. The average molecular weight is 540 g/mol. The molecule has 1 aliphatic rings. The van der Waals surface area contributed by atoms with Gasteiger partial charge in [0.05, 0.1) is 26.5 Å². The van der Waals surface area contributed by atoms with E-state index >= 15 is 0 Å². The fraction of sp³-hybridized carbons (Fsp3) is 0.435. The third kappa shape index (κ3) is 7.37. The highest BCUT2D eigenvalue weighted by atomic mass is 127. The SMILES string of the molecule is CN=C(NCCCOc1ccc(OC)cc1)NC1CCN(c2ccccc2OC)C1.I. The minimum absolute atomic E-state index is 0. The molecule has 8 heteroatoms. The summed E-state index contributed by atoms with van der Waals surface area (Å²) < 4.78 is 16.4. The smallest absolute Gasteiger partial charge is 0.191 e. The number of anilines is 1. The molecule has 2 N–H and O–H groups in total. The Kier molecular flexibility index (Phi) is 10.6. The highest BCUT2D eigenvalue weighted by Gasteiger charge is 2.25. The number of halogens is 1. The van der Waals surface area contributed by atoms with E-state index < -0.39 is 0 Å². The van der Waals surface area contributed by atoms with Gasteiger partial charge in [0.25, 0.3) is 0 Å². The van der Waals surface area contributed by atoms with Gasteiger partial charge in [0.1, 0.15) is 17.2 Å². The molecule has 1 unspecified atom stereocenters. The van der Waals surface area contributed by atoms with Crippen LogP contribution in [0.2, 0.25) is 0 Å². The standard InChI is InChI=1S/C23H32N4O3.HI/c1-24-23(25-14-6-16-30-20-11-9-19(28-2)10-12-20)26-18-13-15-27(17-18)21-7-4-5-8-22(21)29-3;/h4-5,7-12,18H,6,13-17H2,1-3H3,(H2,24,25,26);1H. The molecule has 1 fully saturated rings. The second kappa shape index (κ2) is 13.1. The Morgan fingerprint density at radius 3 is 2.52 bits per heavy atom. The van der Waals surface area contributed by atoms with E-state index in [1.807, 2.05) is 42.5 Å². The van der Waals surface area contributed by atoms with Gasteiger partial charge in [-0.1, -0.05) is 12.1 Å². The van der Waals surface area contributed by atoms with Crippen LogP contribution in [0.4, 0.5) is 5.69 Å². The van der Waals surface area contributed by atoms with Crippen LogP contribution in [-0.2, 0) is 0 Å². The topological polar surface area (TPSA) is 67.4 Å². The minimum atomic E-state index is 0. The molecule has 1 aliphatic heterocycles. The van der Waals surface area contributed by atoms with Crippen LogP contribution < -0.4 is 29.7 Å². The van der Waals surface area contributed by atoms with Crippen molar-refractivity contribution in [2.45, 2.75) is 18.9 Å². The normalized spacial score (nSPS) is 15.8.